The van der Waals surface area contributed by atoms with Gasteiger partial charge in [-0.1, -0.05) is 0 Å². The maximum Gasteiger partial charge on any atom is 0.142 e. The molecule has 2 aromatic rings. The number of hydrogen-bond acceptors (Lipinski definition) is 4. The van der Waals surface area contributed by atoms with Gasteiger partial charge in [0.2, 0.25) is 0 Å². The molecule has 0 fully saturated rings. The van der Waals surface area contributed by atoms with Crippen molar-refractivity contribution in [3.8, 4) is 0 Å². The normalized spacial score (nSPS) is 10.2. The first-order chi connectivity index (χ1) is 7.36. The van der Waals surface area contributed by atoms with Crippen molar-refractivity contribution in [1.82, 2.24) is 9.97 Å². The first-order valence-corrected chi connectivity index (χ1v) is 5.66. The van der Waals surface area contributed by atoms with Crippen LogP contribution in [0, 0.1) is 3.57 Å². The van der Waals surface area contributed by atoms with Crippen LogP contribution in [-0.4, -0.2) is 16.5 Å². The molecule has 0 saturated carbocycles. The number of nitrogens with one attached hydrogen (secondary N) is 1. The average Bonchev–Trinajstić information content (AvgIpc) is 2.74. The summed E-state index contributed by atoms with van der Waals surface area (Å²) in [7, 11) is 0. The molecule has 0 radical (unpaired) electrons. The van der Waals surface area contributed by atoms with Gasteiger partial charge in [0.15, 0.2) is 0 Å². The van der Waals surface area contributed by atoms with Crippen LogP contribution in [0.3, 0.4) is 0 Å². The van der Waals surface area contributed by atoms with Crippen molar-refractivity contribution < 1.29 is 4.42 Å². The third-order valence-corrected chi connectivity index (χ3v) is 2.70. The highest BCUT2D eigenvalue weighted by molar-refractivity contribution is 14.1. The van der Waals surface area contributed by atoms with Crippen molar-refractivity contribution in [2.24, 2.45) is 0 Å². The van der Waals surface area contributed by atoms with Crippen LogP contribution in [0.2, 0.25) is 0 Å². The van der Waals surface area contributed by atoms with Gasteiger partial charge in [0, 0.05) is 19.2 Å². The van der Waals surface area contributed by atoms with Gasteiger partial charge >= 0.3 is 0 Å². The number of halogens is 1. The molecule has 0 unspecified atom stereocenters. The highest BCUT2D eigenvalue weighted by Gasteiger charge is 2.00. The molecule has 0 amide bonds. The van der Waals surface area contributed by atoms with Crippen LogP contribution in [-0.2, 0) is 6.42 Å². The molecule has 0 aliphatic rings. The van der Waals surface area contributed by atoms with Gasteiger partial charge in [-0.3, -0.25) is 0 Å². The molecule has 0 aromatic carbocycles. The van der Waals surface area contributed by atoms with Gasteiger partial charge in [-0.05, 0) is 34.7 Å². The Kier molecular flexibility index (Phi) is 3.54. The van der Waals surface area contributed by atoms with Crippen molar-refractivity contribution in [1.29, 1.82) is 0 Å². The van der Waals surface area contributed by atoms with Crippen LogP contribution in [0.15, 0.2) is 35.3 Å². The summed E-state index contributed by atoms with van der Waals surface area (Å²) in [6.07, 6.45) is 5.86. The number of anilines is 1. The Balaban J connectivity index is 1.86. The smallest absolute Gasteiger partial charge is 0.142 e. The van der Waals surface area contributed by atoms with E-state index in [9.17, 15) is 0 Å². The van der Waals surface area contributed by atoms with Crippen molar-refractivity contribution >= 4 is 28.4 Å². The molecule has 15 heavy (non-hydrogen) atoms. The lowest BCUT2D eigenvalue weighted by atomic mass is 10.3. The van der Waals surface area contributed by atoms with Crippen molar-refractivity contribution in [2.75, 3.05) is 11.9 Å². The Labute approximate surface area is 101 Å². The Morgan fingerprint density at radius 3 is 3.13 bits per heavy atom. The number of rotatable bonds is 4. The van der Waals surface area contributed by atoms with E-state index in [0.717, 1.165) is 28.1 Å². The molecule has 5 heteroatoms. The second-order valence-electron chi connectivity index (χ2n) is 2.98. The summed E-state index contributed by atoms with van der Waals surface area (Å²) < 4.78 is 6.25. The molecule has 0 aliphatic carbocycles. The minimum Gasteiger partial charge on any atom is -0.469 e. The molecule has 1 N–H and O–H groups in total. The highest BCUT2D eigenvalue weighted by atomic mass is 127. The third-order valence-electron chi connectivity index (χ3n) is 1.91. The maximum absolute atomic E-state index is 5.23. The summed E-state index contributed by atoms with van der Waals surface area (Å²) >= 11 is 2.20. The zero-order valence-corrected chi connectivity index (χ0v) is 10.1. The van der Waals surface area contributed by atoms with Gasteiger partial charge in [0.1, 0.15) is 17.9 Å². The van der Waals surface area contributed by atoms with E-state index in [2.05, 4.69) is 37.9 Å². The zero-order chi connectivity index (χ0) is 10.5. The van der Waals surface area contributed by atoms with Crippen LogP contribution >= 0.6 is 22.6 Å². The number of furan rings is 1. The second kappa shape index (κ2) is 5.11. The van der Waals surface area contributed by atoms with E-state index < -0.39 is 0 Å². The van der Waals surface area contributed by atoms with Gasteiger partial charge in [0.25, 0.3) is 0 Å². The van der Waals surface area contributed by atoms with Gasteiger partial charge < -0.3 is 9.73 Å². The second-order valence-corrected chi connectivity index (χ2v) is 4.14. The van der Waals surface area contributed by atoms with Gasteiger partial charge in [0.05, 0.1) is 9.83 Å². The van der Waals surface area contributed by atoms with E-state index in [1.165, 1.54) is 6.33 Å². The first-order valence-electron chi connectivity index (χ1n) is 4.58. The van der Waals surface area contributed by atoms with E-state index in [1.807, 2.05) is 12.1 Å². The Morgan fingerprint density at radius 1 is 1.47 bits per heavy atom. The summed E-state index contributed by atoms with van der Waals surface area (Å²) in [5.41, 5.74) is 0. The molecule has 0 atom stereocenters. The number of aromatic nitrogens is 2. The fourth-order valence-corrected chi connectivity index (χ4v) is 1.69. The highest BCUT2D eigenvalue weighted by Crippen LogP contribution is 2.12. The molecule has 0 bridgehead atoms. The van der Waals surface area contributed by atoms with Crippen LogP contribution in [0.5, 0.6) is 0 Å². The molecule has 4 nitrogen and oxygen atoms in total. The van der Waals surface area contributed by atoms with Crippen molar-refractivity contribution in [2.45, 2.75) is 6.42 Å². The number of hydrogen-bond donors (Lipinski definition) is 1. The predicted molar refractivity (Wildman–Crippen MR) is 65.7 cm³/mol. The minimum absolute atomic E-state index is 0.806. The molecule has 2 heterocycles. The lowest BCUT2D eigenvalue weighted by molar-refractivity contribution is 0.513. The Morgan fingerprint density at radius 2 is 2.40 bits per heavy atom. The van der Waals surface area contributed by atoms with Crippen molar-refractivity contribution in [3.63, 3.8) is 0 Å². The third kappa shape index (κ3) is 2.92. The van der Waals surface area contributed by atoms with Crippen LogP contribution in [0.1, 0.15) is 5.76 Å². The van der Waals surface area contributed by atoms with Crippen LogP contribution < -0.4 is 5.32 Å². The molecular formula is C10H10IN3O. The quantitative estimate of drug-likeness (QED) is 0.880. The molecule has 0 saturated heterocycles. The summed E-state index contributed by atoms with van der Waals surface area (Å²) in [6.45, 7) is 0.806. The largest absolute Gasteiger partial charge is 0.469 e. The first kappa shape index (κ1) is 10.4. The van der Waals surface area contributed by atoms with Crippen LogP contribution in [0.25, 0.3) is 0 Å². The molecular weight excluding hydrogens is 305 g/mol. The van der Waals surface area contributed by atoms with E-state index in [0.29, 0.717) is 0 Å². The van der Waals surface area contributed by atoms with Crippen molar-refractivity contribution in [3.05, 3.63) is 40.3 Å². The van der Waals surface area contributed by atoms with Gasteiger partial charge in [-0.2, -0.15) is 0 Å². The lowest BCUT2D eigenvalue weighted by Crippen LogP contribution is -2.07. The monoisotopic (exact) mass is 315 g/mol. The summed E-state index contributed by atoms with van der Waals surface area (Å²) in [5, 5.41) is 3.23. The standard InChI is InChI=1S/C10H10IN3O/c11-9-6-12-7-14-10(9)13-4-3-8-2-1-5-15-8/h1-2,5-7H,3-4H2,(H,12,13,14). The Hall–Kier alpha value is -1.11. The molecule has 78 valence electrons. The summed E-state index contributed by atoms with van der Waals surface area (Å²) in [5.74, 6) is 1.85. The molecule has 0 spiro atoms. The maximum atomic E-state index is 5.23. The van der Waals surface area contributed by atoms with Gasteiger partial charge in [-0.15, -0.1) is 0 Å². The topological polar surface area (TPSA) is 51.0 Å². The number of nitrogens with zero attached hydrogens (tertiary/aromatic N) is 2. The fourth-order valence-electron chi connectivity index (χ4n) is 1.20. The van der Waals surface area contributed by atoms with E-state index in [1.54, 1.807) is 12.5 Å². The molecule has 2 rings (SSSR count). The predicted octanol–water partition coefficient (Wildman–Crippen LogP) is 2.33. The summed E-state index contributed by atoms with van der Waals surface area (Å²) in [6, 6.07) is 3.86. The lowest BCUT2D eigenvalue weighted by Gasteiger charge is -2.04. The van der Waals surface area contributed by atoms with E-state index in [4.69, 9.17) is 4.42 Å². The Bertz CT molecular complexity index is 416. The summed E-state index contributed by atoms with van der Waals surface area (Å²) in [4.78, 5) is 8.06. The average molecular weight is 315 g/mol. The van der Waals surface area contributed by atoms with Gasteiger partial charge in [-0.25, -0.2) is 9.97 Å². The minimum atomic E-state index is 0.806. The fraction of sp³-hybridized carbons (Fsp3) is 0.200. The van der Waals surface area contributed by atoms with Crippen LogP contribution in [0.4, 0.5) is 5.82 Å². The van der Waals surface area contributed by atoms with E-state index in [-0.39, 0.29) is 0 Å². The zero-order valence-electron chi connectivity index (χ0n) is 7.98. The molecule has 0 aliphatic heterocycles. The SMILES string of the molecule is Ic1cncnc1NCCc1ccco1. The van der Waals surface area contributed by atoms with E-state index >= 15 is 0 Å². The molecule has 2 aromatic heterocycles.